The number of H-pyrrole nitrogens is 1. The van der Waals surface area contributed by atoms with Gasteiger partial charge in [-0.25, -0.2) is 9.97 Å². The highest BCUT2D eigenvalue weighted by Crippen LogP contribution is 2.37. The number of nitrogens with zero attached hydrogens (tertiary/aromatic N) is 3. The first kappa shape index (κ1) is 17.5. The van der Waals surface area contributed by atoms with E-state index in [1.807, 2.05) is 19.1 Å². The van der Waals surface area contributed by atoms with Gasteiger partial charge in [-0.1, -0.05) is 12.1 Å². The minimum atomic E-state index is -0.708. The van der Waals surface area contributed by atoms with Crippen LogP contribution in [0.4, 0.5) is 5.69 Å². The molecular weight excluding hydrogens is 356 g/mol. The molecule has 0 aliphatic rings. The zero-order valence-electron chi connectivity index (χ0n) is 15.4. The highest BCUT2D eigenvalue weighted by Gasteiger charge is 2.20. The van der Waals surface area contributed by atoms with Crippen LogP contribution in [0.1, 0.15) is 16.1 Å². The number of nitrogens with two attached hydrogens (primary N) is 2. The average Bonchev–Trinajstić information content (AvgIpc) is 3.17. The van der Waals surface area contributed by atoms with Gasteiger partial charge in [0.05, 0.1) is 35.9 Å². The first-order chi connectivity index (χ1) is 13.5. The molecular formula is C20H18N6O2. The van der Waals surface area contributed by atoms with E-state index in [0.717, 1.165) is 22.0 Å². The van der Waals surface area contributed by atoms with Crippen LogP contribution in [-0.4, -0.2) is 33.2 Å². The van der Waals surface area contributed by atoms with E-state index in [1.54, 1.807) is 30.5 Å². The van der Waals surface area contributed by atoms with Gasteiger partial charge < -0.3 is 16.2 Å². The lowest BCUT2D eigenvalue weighted by molar-refractivity contribution is 0.0996. The zero-order valence-corrected chi connectivity index (χ0v) is 15.4. The van der Waals surface area contributed by atoms with Crippen LogP contribution in [-0.2, 0) is 0 Å². The number of pyridine rings is 2. The lowest BCUT2D eigenvalue weighted by Gasteiger charge is -2.15. The summed E-state index contributed by atoms with van der Waals surface area (Å²) >= 11 is 0. The number of primary amides is 1. The molecule has 0 bridgehead atoms. The van der Waals surface area contributed by atoms with Gasteiger partial charge in [0.1, 0.15) is 0 Å². The number of fused-ring (bicyclic) bond motifs is 1. The Morgan fingerprint density at radius 2 is 1.96 bits per heavy atom. The topological polar surface area (TPSA) is 133 Å². The van der Waals surface area contributed by atoms with Crippen LogP contribution >= 0.6 is 0 Å². The molecule has 140 valence electrons. The van der Waals surface area contributed by atoms with Crippen molar-refractivity contribution in [2.75, 3.05) is 12.8 Å². The van der Waals surface area contributed by atoms with Gasteiger partial charge in [0, 0.05) is 17.0 Å². The predicted molar refractivity (Wildman–Crippen MR) is 107 cm³/mol. The molecule has 0 saturated carbocycles. The van der Waals surface area contributed by atoms with Crippen molar-refractivity contribution in [1.29, 1.82) is 0 Å². The van der Waals surface area contributed by atoms with Crippen molar-refractivity contribution < 1.29 is 9.53 Å². The second-order valence-corrected chi connectivity index (χ2v) is 6.34. The van der Waals surface area contributed by atoms with Crippen LogP contribution in [0.5, 0.6) is 5.88 Å². The first-order valence-electron chi connectivity index (χ1n) is 8.54. The molecule has 0 saturated heterocycles. The molecule has 3 heterocycles. The van der Waals surface area contributed by atoms with E-state index in [0.29, 0.717) is 22.8 Å². The minimum absolute atomic E-state index is 0.00276. The highest BCUT2D eigenvalue weighted by molar-refractivity contribution is 6.05. The number of hydrogen-bond acceptors (Lipinski definition) is 6. The number of nitrogens with one attached hydrogen (secondary N) is 1. The molecule has 4 aromatic rings. The quantitative estimate of drug-likeness (QED) is 0.503. The Kier molecular flexibility index (Phi) is 4.15. The number of carbonyl (C=O) groups excluding carboxylic acids is 1. The van der Waals surface area contributed by atoms with Crippen LogP contribution in [0, 0.1) is 6.92 Å². The molecule has 28 heavy (non-hydrogen) atoms. The maximum absolute atomic E-state index is 12.0. The molecule has 0 aliphatic heterocycles. The Balaban J connectivity index is 2.04. The first-order valence-corrected chi connectivity index (χ1v) is 8.54. The molecule has 3 aromatic heterocycles. The molecule has 0 unspecified atom stereocenters. The fourth-order valence-electron chi connectivity index (χ4n) is 3.24. The zero-order chi connectivity index (χ0) is 19.8. The molecule has 0 radical (unpaired) electrons. The van der Waals surface area contributed by atoms with Crippen LogP contribution in [0.15, 0.2) is 42.6 Å². The summed E-state index contributed by atoms with van der Waals surface area (Å²) in [5.74, 6) is -0.271. The number of aromatic nitrogens is 4. The number of anilines is 1. The molecule has 1 aromatic carbocycles. The van der Waals surface area contributed by atoms with Crippen molar-refractivity contribution in [3.63, 3.8) is 0 Å². The molecule has 4 rings (SSSR count). The summed E-state index contributed by atoms with van der Waals surface area (Å²) in [6.07, 6.45) is 1.73. The summed E-state index contributed by atoms with van der Waals surface area (Å²) < 4.78 is 5.19. The van der Waals surface area contributed by atoms with Crippen molar-refractivity contribution in [1.82, 2.24) is 20.2 Å². The number of methoxy groups -OCH3 is 1. The Labute approximate surface area is 160 Å². The highest BCUT2D eigenvalue weighted by atomic mass is 16.5. The predicted octanol–water partition coefficient (Wildman–Crippen LogP) is 2.69. The Morgan fingerprint density at radius 1 is 1.14 bits per heavy atom. The monoisotopic (exact) mass is 374 g/mol. The van der Waals surface area contributed by atoms with E-state index in [2.05, 4.69) is 20.2 Å². The normalized spacial score (nSPS) is 10.9. The Hall–Kier alpha value is -3.94. The molecule has 0 aliphatic carbocycles. The van der Waals surface area contributed by atoms with E-state index in [4.69, 9.17) is 16.2 Å². The van der Waals surface area contributed by atoms with Crippen molar-refractivity contribution in [3.05, 3.63) is 53.9 Å². The smallest absolute Gasteiger partial charge is 0.269 e. The van der Waals surface area contributed by atoms with E-state index in [1.165, 1.54) is 7.11 Å². The number of amides is 1. The summed E-state index contributed by atoms with van der Waals surface area (Å²) in [7, 11) is 1.53. The van der Waals surface area contributed by atoms with Gasteiger partial charge in [0.2, 0.25) is 5.88 Å². The minimum Gasteiger partial charge on any atom is -0.481 e. The van der Waals surface area contributed by atoms with Crippen molar-refractivity contribution in [2.45, 2.75) is 6.92 Å². The van der Waals surface area contributed by atoms with E-state index in [9.17, 15) is 4.79 Å². The number of ether oxygens (including phenoxy) is 1. The third-order valence-corrected chi connectivity index (χ3v) is 4.59. The van der Waals surface area contributed by atoms with Gasteiger partial charge >= 0.3 is 0 Å². The van der Waals surface area contributed by atoms with E-state index >= 15 is 0 Å². The summed E-state index contributed by atoms with van der Waals surface area (Å²) in [4.78, 5) is 20.8. The number of aromatic amines is 1. The Bertz CT molecular complexity index is 1210. The number of aryl methyl sites for hydroxylation is 1. The van der Waals surface area contributed by atoms with Gasteiger partial charge in [-0.05, 0) is 36.2 Å². The molecule has 5 N–H and O–H groups in total. The fourth-order valence-corrected chi connectivity index (χ4v) is 3.24. The summed E-state index contributed by atoms with van der Waals surface area (Å²) in [5, 5.41) is 7.95. The van der Waals surface area contributed by atoms with Crippen molar-refractivity contribution in [3.8, 4) is 28.4 Å². The molecule has 8 nitrogen and oxygen atoms in total. The number of rotatable bonds is 4. The van der Waals surface area contributed by atoms with Gasteiger partial charge in [0.15, 0.2) is 5.69 Å². The number of carbonyl (C=O) groups is 1. The number of hydrogen-bond donors (Lipinski definition) is 3. The molecule has 0 fully saturated rings. The van der Waals surface area contributed by atoms with E-state index in [-0.39, 0.29) is 11.4 Å². The largest absolute Gasteiger partial charge is 0.481 e. The maximum atomic E-state index is 12.0. The maximum Gasteiger partial charge on any atom is 0.269 e. The number of benzene rings is 1. The van der Waals surface area contributed by atoms with Crippen LogP contribution in [0.2, 0.25) is 0 Å². The molecule has 0 spiro atoms. The third kappa shape index (κ3) is 2.81. The average molecular weight is 374 g/mol. The van der Waals surface area contributed by atoms with Gasteiger partial charge in [0.25, 0.3) is 5.91 Å². The summed E-state index contributed by atoms with van der Waals surface area (Å²) in [5.41, 5.74) is 16.4. The summed E-state index contributed by atoms with van der Waals surface area (Å²) in [6, 6.07) is 11.0. The lowest BCUT2D eigenvalue weighted by atomic mass is 9.94. The van der Waals surface area contributed by atoms with Gasteiger partial charge in [-0.3, -0.25) is 9.89 Å². The van der Waals surface area contributed by atoms with Gasteiger partial charge in [-0.15, -0.1) is 0 Å². The molecule has 8 heteroatoms. The van der Waals surface area contributed by atoms with Crippen molar-refractivity contribution in [2.24, 2.45) is 5.73 Å². The van der Waals surface area contributed by atoms with E-state index < -0.39 is 5.91 Å². The molecule has 0 atom stereocenters. The Morgan fingerprint density at radius 3 is 2.71 bits per heavy atom. The van der Waals surface area contributed by atoms with Crippen LogP contribution in [0.3, 0.4) is 0 Å². The van der Waals surface area contributed by atoms with Gasteiger partial charge in [-0.2, -0.15) is 5.10 Å². The number of nitrogen functional groups attached to an aromatic ring is 1. The van der Waals surface area contributed by atoms with Crippen LogP contribution < -0.4 is 16.2 Å². The van der Waals surface area contributed by atoms with Crippen LogP contribution in [0.25, 0.3) is 33.4 Å². The third-order valence-electron chi connectivity index (χ3n) is 4.59. The molecule has 1 amide bonds. The lowest BCUT2D eigenvalue weighted by Crippen LogP contribution is -2.17. The second-order valence-electron chi connectivity index (χ2n) is 6.34. The summed E-state index contributed by atoms with van der Waals surface area (Å²) in [6.45, 7) is 1.97. The standard InChI is InChI=1S/C20H18N6O2/c1-10-6-7-13-12(9-23-26-13)17(10)11-8-15(25-19(18(11)21)20(22)27)14-4-3-5-16(24-14)28-2/h3-9H,21H2,1-2H3,(H2,22,27)(H,23,26). The van der Waals surface area contributed by atoms with Crippen molar-refractivity contribution >= 4 is 22.5 Å². The fraction of sp³-hybridized carbons (Fsp3) is 0.100. The second kappa shape index (κ2) is 6.66. The SMILES string of the molecule is COc1cccc(-c2cc(-c3c(C)ccc4[nH]ncc34)c(N)c(C(N)=O)n2)n1.